The Labute approximate surface area is 156 Å². The number of hydrogen-bond donors (Lipinski definition) is 0. The first-order valence-electron chi connectivity index (χ1n) is 9.25. The standard InChI is InChI=1S/C21H21FN4O/c1-24-11-17-9-16(24)12-26(17)15-6-7-19-18(10-15)21(27)25(2)20(23-19)13-4-3-5-14(22)8-13/h3-8,10,16-17H,9,11-12H2,1-2H3/t16-,17+/m1/s1. The maximum atomic E-state index is 13.6. The molecule has 5 rings (SSSR count). The highest BCUT2D eigenvalue weighted by atomic mass is 19.1. The number of anilines is 1. The fourth-order valence-electron chi connectivity index (χ4n) is 4.51. The predicted molar refractivity (Wildman–Crippen MR) is 105 cm³/mol. The van der Waals surface area contributed by atoms with Gasteiger partial charge in [-0.25, -0.2) is 9.37 Å². The van der Waals surface area contributed by atoms with Crippen LogP contribution in [0, 0.1) is 5.82 Å². The van der Waals surface area contributed by atoms with Gasteiger partial charge in [0.1, 0.15) is 11.6 Å². The zero-order valence-corrected chi connectivity index (χ0v) is 15.4. The minimum Gasteiger partial charge on any atom is -0.366 e. The molecule has 3 heterocycles. The molecule has 0 saturated carbocycles. The molecule has 5 nitrogen and oxygen atoms in total. The number of hydrogen-bond acceptors (Lipinski definition) is 4. The van der Waals surface area contributed by atoms with E-state index in [2.05, 4.69) is 21.8 Å². The number of piperazine rings is 1. The van der Waals surface area contributed by atoms with E-state index < -0.39 is 0 Å². The summed E-state index contributed by atoms with van der Waals surface area (Å²) in [5.74, 6) is 0.132. The molecule has 2 aromatic carbocycles. The summed E-state index contributed by atoms with van der Waals surface area (Å²) < 4.78 is 15.1. The Bertz CT molecular complexity index is 1110. The van der Waals surface area contributed by atoms with E-state index in [4.69, 9.17) is 0 Å². The third-order valence-electron chi connectivity index (χ3n) is 5.99. The Morgan fingerprint density at radius 2 is 1.93 bits per heavy atom. The second kappa shape index (κ2) is 5.89. The first-order valence-corrected chi connectivity index (χ1v) is 9.25. The molecule has 0 aliphatic carbocycles. The fourth-order valence-corrected chi connectivity index (χ4v) is 4.51. The van der Waals surface area contributed by atoms with Gasteiger partial charge < -0.3 is 4.90 Å². The lowest BCUT2D eigenvalue weighted by Crippen LogP contribution is -2.44. The van der Waals surface area contributed by atoms with Crippen LogP contribution in [0.5, 0.6) is 0 Å². The molecule has 0 amide bonds. The van der Waals surface area contributed by atoms with Crippen molar-refractivity contribution < 1.29 is 4.39 Å². The molecule has 2 aliphatic heterocycles. The van der Waals surface area contributed by atoms with E-state index in [1.807, 2.05) is 18.2 Å². The molecule has 27 heavy (non-hydrogen) atoms. The van der Waals surface area contributed by atoms with Crippen molar-refractivity contribution in [1.29, 1.82) is 0 Å². The van der Waals surface area contributed by atoms with Gasteiger partial charge in [0.2, 0.25) is 0 Å². The molecule has 2 aliphatic rings. The van der Waals surface area contributed by atoms with Gasteiger partial charge in [0.25, 0.3) is 5.56 Å². The van der Waals surface area contributed by atoms with Crippen LogP contribution in [0.15, 0.2) is 47.3 Å². The smallest absolute Gasteiger partial charge is 0.261 e. The molecular formula is C21H21FN4O. The molecule has 2 atom stereocenters. The van der Waals surface area contributed by atoms with Crippen molar-refractivity contribution in [3.8, 4) is 11.4 Å². The maximum absolute atomic E-state index is 13.6. The molecule has 0 radical (unpaired) electrons. The van der Waals surface area contributed by atoms with Crippen molar-refractivity contribution in [3.05, 3.63) is 58.6 Å². The van der Waals surface area contributed by atoms with Crippen LogP contribution >= 0.6 is 0 Å². The van der Waals surface area contributed by atoms with Gasteiger partial charge in [-0.2, -0.15) is 0 Å². The second-order valence-corrected chi connectivity index (χ2v) is 7.65. The highest BCUT2D eigenvalue weighted by molar-refractivity contribution is 5.83. The summed E-state index contributed by atoms with van der Waals surface area (Å²) >= 11 is 0. The molecule has 138 valence electrons. The second-order valence-electron chi connectivity index (χ2n) is 7.65. The summed E-state index contributed by atoms with van der Waals surface area (Å²) in [4.78, 5) is 22.5. The van der Waals surface area contributed by atoms with Gasteiger partial charge in [-0.15, -0.1) is 0 Å². The zero-order valence-electron chi connectivity index (χ0n) is 15.4. The van der Waals surface area contributed by atoms with Crippen LogP contribution in [-0.4, -0.2) is 46.7 Å². The number of aromatic nitrogens is 2. The van der Waals surface area contributed by atoms with Crippen LogP contribution in [0.4, 0.5) is 10.1 Å². The van der Waals surface area contributed by atoms with E-state index in [-0.39, 0.29) is 11.4 Å². The first kappa shape index (κ1) is 16.4. The van der Waals surface area contributed by atoms with Crippen molar-refractivity contribution >= 4 is 16.6 Å². The van der Waals surface area contributed by atoms with Crippen LogP contribution in [0.1, 0.15) is 6.42 Å². The average molecular weight is 364 g/mol. The highest BCUT2D eigenvalue weighted by Gasteiger charge is 2.41. The number of likely N-dealkylation sites (tertiary alicyclic amines) is 1. The average Bonchev–Trinajstić information content (AvgIpc) is 3.24. The van der Waals surface area contributed by atoms with Crippen LogP contribution in [0.2, 0.25) is 0 Å². The predicted octanol–water partition coefficient (Wildman–Crippen LogP) is 2.63. The van der Waals surface area contributed by atoms with E-state index in [0.29, 0.717) is 34.4 Å². The van der Waals surface area contributed by atoms with Gasteiger partial charge in [0.05, 0.1) is 10.9 Å². The Morgan fingerprint density at radius 1 is 1.07 bits per heavy atom. The summed E-state index contributed by atoms with van der Waals surface area (Å²) in [6.45, 7) is 2.07. The van der Waals surface area contributed by atoms with Crippen molar-refractivity contribution in [2.75, 3.05) is 25.0 Å². The first-order chi connectivity index (χ1) is 13.0. The molecule has 0 N–H and O–H groups in total. The number of benzene rings is 2. The summed E-state index contributed by atoms with van der Waals surface area (Å²) in [7, 11) is 3.87. The summed E-state index contributed by atoms with van der Waals surface area (Å²) in [5, 5.41) is 0.603. The number of nitrogens with zero attached hydrogens (tertiary/aromatic N) is 4. The van der Waals surface area contributed by atoms with Crippen LogP contribution in [0.3, 0.4) is 0 Å². The maximum Gasteiger partial charge on any atom is 0.261 e. The monoisotopic (exact) mass is 364 g/mol. The van der Waals surface area contributed by atoms with Gasteiger partial charge >= 0.3 is 0 Å². The SMILES string of the molecule is CN1C[C@@H]2C[C@@H]1CN2c1ccc2nc(-c3cccc(F)c3)n(C)c(=O)c2c1. The number of likely N-dealkylation sites (N-methyl/N-ethyl adjacent to an activating group) is 1. The van der Waals surface area contributed by atoms with Gasteiger partial charge in [0, 0.05) is 43.5 Å². The molecule has 0 spiro atoms. The minimum absolute atomic E-state index is 0.109. The van der Waals surface area contributed by atoms with E-state index in [0.717, 1.165) is 18.8 Å². The third kappa shape index (κ3) is 2.55. The third-order valence-corrected chi connectivity index (χ3v) is 5.99. The Balaban J connectivity index is 1.60. The Hall–Kier alpha value is -2.73. The fraction of sp³-hybridized carbons (Fsp3) is 0.333. The van der Waals surface area contributed by atoms with Crippen molar-refractivity contribution in [3.63, 3.8) is 0 Å². The zero-order chi connectivity index (χ0) is 18.7. The number of halogens is 1. The molecule has 0 unspecified atom stereocenters. The van der Waals surface area contributed by atoms with Gasteiger partial charge in [0.15, 0.2) is 0 Å². The Morgan fingerprint density at radius 3 is 2.63 bits per heavy atom. The molecule has 1 aromatic heterocycles. The molecule has 2 fully saturated rings. The normalized spacial score (nSPS) is 22.1. The summed E-state index contributed by atoms with van der Waals surface area (Å²) in [6.07, 6.45) is 1.18. The molecule has 2 bridgehead atoms. The van der Waals surface area contributed by atoms with Gasteiger partial charge in [-0.3, -0.25) is 14.3 Å². The topological polar surface area (TPSA) is 41.4 Å². The molecule has 6 heteroatoms. The van der Waals surface area contributed by atoms with Crippen molar-refractivity contribution in [1.82, 2.24) is 14.5 Å². The van der Waals surface area contributed by atoms with Crippen LogP contribution in [-0.2, 0) is 7.05 Å². The van der Waals surface area contributed by atoms with Crippen LogP contribution < -0.4 is 10.5 Å². The molecular weight excluding hydrogens is 343 g/mol. The quantitative estimate of drug-likeness (QED) is 0.701. The van der Waals surface area contributed by atoms with Gasteiger partial charge in [-0.1, -0.05) is 12.1 Å². The van der Waals surface area contributed by atoms with E-state index >= 15 is 0 Å². The lowest BCUT2D eigenvalue weighted by Gasteiger charge is -2.33. The van der Waals surface area contributed by atoms with E-state index in [9.17, 15) is 9.18 Å². The number of rotatable bonds is 2. The van der Waals surface area contributed by atoms with Crippen molar-refractivity contribution in [2.24, 2.45) is 7.05 Å². The van der Waals surface area contributed by atoms with Crippen molar-refractivity contribution in [2.45, 2.75) is 18.5 Å². The largest absolute Gasteiger partial charge is 0.366 e. The molecule has 2 saturated heterocycles. The highest BCUT2D eigenvalue weighted by Crippen LogP contribution is 2.34. The van der Waals surface area contributed by atoms with E-state index in [1.54, 1.807) is 19.2 Å². The lowest BCUT2D eigenvalue weighted by molar-refractivity contribution is 0.292. The minimum atomic E-state index is -0.341. The Kier molecular flexibility index (Phi) is 3.59. The van der Waals surface area contributed by atoms with Gasteiger partial charge in [-0.05, 0) is 43.8 Å². The summed E-state index contributed by atoms with van der Waals surface area (Å²) in [6, 6.07) is 13.2. The van der Waals surface area contributed by atoms with Crippen LogP contribution in [0.25, 0.3) is 22.3 Å². The number of fused-ring (bicyclic) bond motifs is 3. The van der Waals surface area contributed by atoms with E-state index in [1.165, 1.54) is 23.1 Å². The molecule has 3 aromatic rings. The lowest BCUT2D eigenvalue weighted by atomic mass is 10.1. The summed E-state index contributed by atoms with van der Waals surface area (Å²) in [5.41, 5.74) is 2.21.